The Morgan fingerprint density at radius 3 is 2.28 bits per heavy atom. The molecule has 1 unspecified atom stereocenters. The molecule has 39 heavy (non-hydrogen) atoms. The van der Waals surface area contributed by atoms with E-state index >= 15 is 0 Å². The van der Waals surface area contributed by atoms with Gasteiger partial charge < -0.3 is 32.6 Å². The van der Waals surface area contributed by atoms with Gasteiger partial charge in [0.05, 0.1) is 31.2 Å². The van der Waals surface area contributed by atoms with Crippen LogP contribution in [0.3, 0.4) is 0 Å². The molecule has 0 spiro atoms. The van der Waals surface area contributed by atoms with Gasteiger partial charge in [-0.25, -0.2) is 18.1 Å². The van der Waals surface area contributed by atoms with Crippen LogP contribution in [0, 0.1) is 11.6 Å². The third-order valence-corrected chi connectivity index (χ3v) is 5.83. The van der Waals surface area contributed by atoms with Crippen molar-refractivity contribution in [3.63, 3.8) is 0 Å². The van der Waals surface area contributed by atoms with Crippen LogP contribution in [0.4, 0.5) is 26.0 Å². The maximum absolute atomic E-state index is 14.6. The van der Waals surface area contributed by atoms with Crippen molar-refractivity contribution in [1.29, 1.82) is 0 Å². The van der Waals surface area contributed by atoms with E-state index in [9.17, 15) is 18.4 Å². The summed E-state index contributed by atoms with van der Waals surface area (Å²) in [6.07, 6.45) is 0.118. The first kappa shape index (κ1) is 29.1. The first-order chi connectivity index (χ1) is 18.4. The SMILES string of the molecule is CO/C(N)=C/CC(N)n1c(=O)c(C(CN(C)C)=Nc2ccc(N)cc2)c(N)n(Cc2c(F)cccc2F)c1=O. The Morgan fingerprint density at radius 2 is 1.72 bits per heavy atom. The summed E-state index contributed by atoms with van der Waals surface area (Å²) in [5, 5.41) is 0. The number of methoxy groups -OCH3 is 1. The minimum atomic E-state index is -1.22. The van der Waals surface area contributed by atoms with Gasteiger partial charge >= 0.3 is 5.69 Å². The van der Waals surface area contributed by atoms with Crippen LogP contribution in [-0.2, 0) is 11.3 Å². The number of nitrogens with two attached hydrogens (primary N) is 4. The smallest absolute Gasteiger partial charge is 0.334 e. The number of anilines is 2. The highest BCUT2D eigenvalue weighted by Gasteiger charge is 2.25. The van der Waals surface area contributed by atoms with E-state index in [4.69, 9.17) is 27.7 Å². The van der Waals surface area contributed by atoms with Crippen molar-refractivity contribution < 1.29 is 13.5 Å². The average molecular weight is 543 g/mol. The zero-order valence-electron chi connectivity index (χ0n) is 21.9. The summed E-state index contributed by atoms with van der Waals surface area (Å²) in [4.78, 5) is 33.7. The normalized spacial score (nSPS) is 13.1. The topological polar surface area (TPSA) is 173 Å². The van der Waals surface area contributed by atoms with Crippen LogP contribution in [0.5, 0.6) is 0 Å². The Bertz CT molecular complexity index is 1490. The molecule has 0 aliphatic heterocycles. The van der Waals surface area contributed by atoms with Gasteiger partial charge in [-0.15, -0.1) is 0 Å². The highest BCUT2D eigenvalue weighted by Crippen LogP contribution is 2.20. The van der Waals surface area contributed by atoms with Crippen LogP contribution in [0.1, 0.15) is 23.7 Å². The molecule has 13 heteroatoms. The summed E-state index contributed by atoms with van der Waals surface area (Å²) in [6, 6.07) is 9.88. The maximum Gasteiger partial charge on any atom is 0.334 e. The van der Waals surface area contributed by atoms with Crippen LogP contribution in [-0.4, -0.2) is 47.5 Å². The third kappa shape index (κ3) is 6.69. The average Bonchev–Trinajstić information content (AvgIpc) is 2.87. The molecule has 3 rings (SSSR count). The molecule has 2 aromatic carbocycles. The van der Waals surface area contributed by atoms with Gasteiger partial charge in [-0.05, 0) is 56.6 Å². The standard InChI is InChI=1S/C26H32F2N8O3/c1-34(2)14-20(33-16-9-7-15(29)8-10-16)23-24(32)35(13-17-18(27)5-4-6-19(17)28)26(38)36(25(23)37)21(30)11-12-22(31)39-3/h4-10,12,21H,11,13-14,29-32H2,1-3H3/b22-12+,33-20?. The van der Waals surface area contributed by atoms with Crippen LogP contribution in [0.2, 0.25) is 0 Å². The number of benzene rings is 2. The monoisotopic (exact) mass is 542 g/mol. The molecule has 0 aliphatic carbocycles. The predicted octanol–water partition coefficient (Wildman–Crippen LogP) is 1.48. The molecule has 0 aliphatic rings. The quantitative estimate of drug-likeness (QED) is 0.169. The van der Waals surface area contributed by atoms with Gasteiger partial charge in [-0.2, -0.15) is 0 Å². The van der Waals surface area contributed by atoms with Crippen LogP contribution in [0.15, 0.2) is 69.0 Å². The van der Waals surface area contributed by atoms with Gasteiger partial charge in [0.2, 0.25) is 0 Å². The summed E-state index contributed by atoms with van der Waals surface area (Å²) in [5.41, 5.74) is 22.9. The maximum atomic E-state index is 14.6. The van der Waals surface area contributed by atoms with E-state index in [-0.39, 0.29) is 35.9 Å². The number of ether oxygens (including phenoxy) is 1. The first-order valence-electron chi connectivity index (χ1n) is 11.9. The van der Waals surface area contributed by atoms with Crippen LogP contribution in [0.25, 0.3) is 0 Å². The molecule has 3 aromatic rings. The number of hydrogen-bond acceptors (Lipinski definition) is 9. The summed E-state index contributed by atoms with van der Waals surface area (Å²) >= 11 is 0. The number of hydrogen-bond donors (Lipinski definition) is 4. The minimum absolute atomic E-state index is 0.0288. The third-order valence-electron chi connectivity index (χ3n) is 5.83. The number of nitrogens with zero attached hydrogens (tertiary/aromatic N) is 4. The molecule has 0 radical (unpaired) electrons. The molecule has 1 aromatic heterocycles. The molecule has 208 valence electrons. The predicted molar refractivity (Wildman–Crippen MR) is 148 cm³/mol. The lowest BCUT2D eigenvalue weighted by Crippen LogP contribution is -2.48. The molecule has 0 fully saturated rings. The van der Waals surface area contributed by atoms with E-state index in [1.807, 2.05) is 0 Å². The Balaban J connectivity index is 2.35. The van der Waals surface area contributed by atoms with Gasteiger partial charge in [0.15, 0.2) is 5.88 Å². The second-order valence-corrected chi connectivity index (χ2v) is 9.01. The fraction of sp³-hybridized carbons (Fsp3) is 0.269. The fourth-order valence-electron chi connectivity index (χ4n) is 3.84. The highest BCUT2D eigenvalue weighted by molar-refractivity contribution is 6.06. The van der Waals surface area contributed by atoms with Gasteiger partial charge in [-0.1, -0.05) is 6.07 Å². The molecule has 0 saturated carbocycles. The summed E-state index contributed by atoms with van der Waals surface area (Å²) in [5.74, 6) is -2.06. The van der Waals surface area contributed by atoms with Crippen LogP contribution >= 0.6 is 0 Å². The summed E-state index contributed by atoms with van der Waals surface area (Å²) < 4.78 is 35.7. The molecule has 8 N–H and O–H groups in total. The second kappa shape index (κ2) is 12.4. The van der Waals surface area contributed by atoms with Crippen molar-refractivity contribution in [1.82, 2.24) is 14.0 Å². The zero-order chi connectivity index (χ0) is 28.9. The minimum Gasteiger partial charge on any atom is -0.483 e. The van der Waals surface area contributed by atoms with E-state index in [2.05, 4.69) is 4.99 Å². The lowest BCUT2D eigenvalue weighted by atomic mass is 10.1. The van der Waals surface area contributed by atoms with Crippen molar-refractivity contribution in [2.24, 2.45) is 16.5 Å². The molecule has 1 atom stereocenters. The molecular formula is C26H32F2N8O3. The number of aliphatic imine (C=N–C) groups is 1. The summed E-state index contributed by atoms with van der Waals surface area (Å²) in [7, 11) is 4.85. The number of halogens is 2. The van der Waals surface area contributed by atoms with Crippen molar-refractivity contribution >= 4 is 22.9 Å². The van der Waals surface area contributed by atoms with E-state index < -0.39 is 41.2 Å². The van der Waals surface area contributed by atoms with Gasteiger partial charge in [0.1, 0.15) is 23.0 Å². The summed E-state index contributed by atoms with van der Waals surface area (Å²) in [6.45, 7) is -0.474. The van der Waals surface area contributed by atoms with Crippen LogP contribution < -0.4 is 34.2 Å². The lowest BCUT2D eigenvalue weighted by molar-refractivity contribution is 0.284. The van der Waals surface area contributed by atoms with Crippen molar-refractivity contribution in [3.05, 3.63) is 98.0 Å². The van der Waals surface area contributed by atoms with Gasteiger partial charge in [-0.3, -0.25) is 14.4 Å². The Kier molecular flexibility index (Phi) is 9.22. The molecule has 0 saturated heterocycles. The molecule has 1 heterocycles. The Hall–Kier alpha value is -4.49. The van der Waals surface area contributed by atoms with E-state index in [1.54, 1.807) is 43.3 Å². The van der Waals surface area contributed by atoms with E-state index in [0.717, 1.165) is 21.3 Å². The largest absolute Gasteiger partial charge is 0.483 e. The molecule has 11 nitrogen and oxygen atoms in total. The first-order valence-corrected chi connectivity index (χ1v) is 11.9. The molecule has 0 amide bonds. The van der Waals surface area contributed by atoms with Crippen molar-refractivity contribution in [2.75, 3.05) is 39.2 Å². The molecular weight excluding hydrogens is 510 g/mol. The fourth-order valence-corrected chi connectivity index (χ4v) is 3.84. The number of rotatable bonds is 10. The van der Waals surface area contributed by atoms with Crippen molar-refractivity contribution in [2.45, 2.75) is 19.1 Å². The number of nitrogen functional groups attached to an aromatic ring is 2. The zero-order valence-corrected chi connectivity index (χ0v) is 21.9. The number of aromatic nitrogens is 2. The van der Waals surface area contributed by atoms with E-state index in [0.29, 0.717) is 11.4 Å². The highest BCUT2D eigenvalue weighted by atomic mass is 19.1. The number of likely N-dealkylation sites (N-methyl/N-ethyl adjacent to an activating group) is 1. The van der Waals surface area contributed by atoms with Crippen molar-refractivity contribution in [3.8, 4) is 0 Å². The lowest BCUT2D eigenvalue weighted by Gasteiger charge is -2.22. The van der Waals surface area contributed by atoms with Gasteiger partial charge in [0.25, 0.3) is 5.56 Å². The molecule has 0 bridgehead atoms. The Labute approximate surface area is 223 Å². The van der Waals surface area contributed by atoms with E-state index in [1.165, 1.54) is 19.3 Å². The Morgan fingerprint density at radius 1 is 1.10 bits per heavy atom. The second-order valence-electron chi connectivity index (χ2n) is 9.01. The van der Waals surface area contributed by atoms with Gasteiger partial charge in [0, 0.05) is 24.2 Å².